The van der Waals surface area contributed by atoms with E-state index in [2.05, 4.69) is 52.2 Å². The number of rotatable bonds is 6. The van der Waals surface area contributed by atoms with E-state index in [0.717, 1.165) is 24.2 Å². The minimum atomic E-state index is -0.151. The second kappa shape index (κ2) is 7.65. The highest BCUT2D eigenvalue weighted by atomic mass is 16.1. The minimum Gasteiger partial charge on any atom is -0.322 e. The minimum absolute atomic E-state index is 0.151. The standard InChI is InChI=1S/C18H20N6O/c1-3-13(2)12-14-4-8-16(9-5-14)19-18(25)15-6-10-17(11-7-15)24-22-20-21-23-24/h4-11,13H,3,12H2,1-2H3,(H,19,25)/p+1. The van der Waals surface area contributed by atoms with Gasteiger partial charge in [0.05, 0.1) is 0 Å². The molecule has 25 heavy (non-hydrogen) atoms. The van der Waals surface area contributed by atoms with Gasteiger partial charge in [-0.15, -0.1) is 0 Å². The van der Waals surface area contributed by atoms with Gasteiger partial charge in [0.1, 0.15) is 5.21 Å². The van der Waals surface area contributed by atoms with E-state index in [1.807, 2.05) is 12.1 Å². The summed E-state index contributed by atoms with van der Waals surface area (Å²) in [5.41, 5.74) is 3.39. The van der Waals surface area contributed by atoms with Gasteiger partial charge in [0.15, 0.2) is 5.69 Å². The van der Waals surface area contributed by atoms with E-state index >= 15 is 0 Å². The van der Waals surface area contributed by atoms with Crippen LogP contribution in [0.4, 0.5) is 5.69 Å². The number of aromatic nitrogens is 5. The van der Waals surface area contributed by atoms with Gasteiger partial charge in [-0.25, -0.2) is 0 Å². The second-order valence-corrected chi connectivity index (χ2v) is 6.11. The first-order valence-electron chi connectivity index (χ1n) is 8.32. The monoisotopic (exact) mass is 337 g/mol. The molecule has 128 valence electrons. The highest BCUT2D eigenvalue weighted by Crippen LogP contribution is 2.16. The maximum atomic E-state index is 12.4. The van der Waals surface area contributed by atoms with E-state index in [1.165, 1.54) is 10.4 Å². The Kier molecular flexibility index (Phi) is 5.13. The molecular weight excluding hydrogens is 316 g/mol. The molecule has 0 radical (unpaired) electrons. The topological polar surface area (TPSA) is 87.4 Å². The Labute approximate surface area is 146 Å². The number of hydrogen-bond acceptors (Lipinski definition) is 4. The summed E-state index contributed by atoms with van der Waals surface area (Å²) >= 11 is 0. The number of carbonyl (C=O) groups is 1. The third-order valence-corrected chi connectivity index (χ3v) is 4.18. The Morgan fingerprint density at radius 3 is 2.48 bits per heavy atom. The van der Waals surface area contributed by atoms with Crippen molar-refractivity contribution in [1.82, 2.24) is 20.9 Å². The zero-order valence-electron chi connectivity index (χ0n) is 14.3. The molecule has 3 rings (SSSR count). The van der Waals surface area contributed by atoms with Crippen LogP contribution in [0.5, 0.6) is 0 Å². The SMILES string of the molecule is CCC(C)Cc1ccc(NC(=O)c2ccc(-[n+]3nnn[nH]3)cc2)cc1. The molecule has 7 heteroatoms. The van der Waals surface area contributed by atoms with Gasteiger partial charge in [0, 0.05) is 11.3 Å². The molecule has 0 aliphatic rings. The average molecular weight is 337 g/mol. The quantitative estimate of drug-likeness (QED) is 0.676. The van der Waals surface area contributed by atoms with Crippen LogP contribution in [0.15, 0.2) is 48.5 Å². The van der Waals surface area contributed by atoms with Gasteiger partial charge < -0.3 is 5.32 Å². The molecule has 2 aromatic carbocycles. The van der Waals surface area contributed by atoms with Gasteiger partial charge >= 0.3 is 0 Å². The number of hydrogen-bond donors (Lipinski definition) is 2. The molecule has 0 fully saturated rings. The number of nitrogens with one attached hydrogen (secondary N) is 2. The van der Waals surface area contributed by atoms with Gasteiger partial charge in [0.25, 0.3) is 5.91 Å². The predicted octanol–water partition coefficient (Wildman–Crippen LogP) is 2.32. The molecule has 1 amide bonds. The molecular formula is C18H21N6O+. The molecule has 2 N–H and O–H groups in total. The zero-order chi connectivity index (χ0) is 17.6. The normalized spacial score (nSPS) is 11.9. The fraction of sp³-hybridized carbons (Fsp3) is 0.278. The molecule has 1 unspecified atom stereocenters. The summed E-state index contributed by atoms with van der Waals surface area (Å²) in [5, 5.41) is 16.3. The van der Waals surface area contributed by atoms with E-state index in [1.54, 1.807) is 24.3 Å². The van der Waals surface area contributed by atoms with Crippen LogP contribution in [0.25, 0.3) is 5.69 Å². The van der Waals surface area contributed by atoms with Gasteiger partial charge in [-0.05, 0) is 64.3 Å². The highest BCUT2D eigenvalue weighted by molar-refractivity contribution is 6.04. The number of benzene rings is 2. The summed E-state index contributed by atoms with van der Waals surface area (Å²) in [4.78, 5) is 13.8. The predicted molar refractivity (Wildman–Crippen MR) is 93.3 cm³/mol. The van der Waals surface area contributed by atoms with E-state index in [4.69, 9.17) is 0 Å². The second-order valence-electron chi connectivity index (χ2n) is 6.11. The van der Waals surface area contributed by atoms with Crippen LogP contribution in [0.3, 0.4) is 0 Å². The summed E-state index contributed by atoms with van der Waals surface area (Å²) in [6.45, 7) is 4.44. The van der Waals surface area contributed by atoms with Crippen LogP contribution in [-0.4, -0.2) is 26.8 Å². The molecule has 1 aromatic heterocycles. The Bertz CT molecular complexity index is 812. The Balaban J connectivity index is 1.63. The van der Waals surface area contributed by atoms with Crippen LogP contribution in [0, 0.1) is 5.92 Å². The molecule has 0 bridgehead atoms. The van der Waals surface area contributed by atoms with Crippen molar-refractivity contribution in [1.29, 1.82) is 0 Å². The highest BCUT2D eigenvalue weighted by Gasteiger charge is 2.10. The molecule has 1 atom stereocenters. The van der Waals surface area contributed by atoms with Crippen molar-refractivity contribution in [3.05, 3.63) is 59.7 Å². The Morgan fingerprint density at radius 1 is 1.16 bits per heavy atom. The van der Waals surface area contributed by atoms with Crippen molar-refractivity contribution < 1.29 is 9.59 Å². The lowest BCUT2D eigenvalue weighted by Gasteiger charge is -2.10. The summed E-state index contributed by atoms with van der Waals surface area (Å²) in [5.74, 6) is 0.512. The van der Waals surface area contributed by atoms with E-state index in [0.29, 0.717) is 11.5 Å². The smallest absolute Gasteiger partial charge is 0.255 e. The zero-order valence-corrected chi connectivity index (χ0v) is 14.3. The van der Waals surface area contributed by atoms with Crippen molar-refractivity contribution in [3.63, 3.8) is 0 Å². The fourth-order valence-corrected chi connectivity index (χ4v) is 2.48. The summed E-state index contributed by atoms with van der Waals surface area (Å²) in [6, 6.07) is 15.0. The van der Waals surface area contributed by atoms with E-state index < -0.39 is 0 Å². The molecule has 0 aliphatic carbocycles. The lowest BCUT2D eigenvalue weighted by atomic mass is 9.99. The Morgan fingerprint density at radius 2 is 1.88 bits per heavy atom. The summed E-state index contributed by atoms with van der Waals surface area (Å²) in [6.07, 6.45) is 2.22. The van der Waals surface area contributed by atoms with Crippen molar-refractivity contribution >= 4 is 11.6 Å². The van der Waals surface area contributed by atoms with E-state index in [9.17, 15) is 4.79 Å². The first-order chi connectivity index (χ1) is 12.2. The van der Waals surface area contributed by atoms with Crippen LogP contribution in [0.1, 0.15) is 36.2 Å². The maximum absolute atomic E-state index is 12.4. The van der Waals surface area contributed by atoms with Crippen LogP contribution in [0.2, 0.25) is 0 Å². The summed E-state index contributed by atoms with van der Waals surface area (Å²) in [7, 11) is 0. The van der Waals surface area contributed by atoms with Crippen LogP contribution in [-0.2, 0) is 6.42 Å². The maximum Gasteiger partial charge on any atom is 0.255 e. The Hall–Kier alpha value is -3.09. The average Bonchev–Trinajstić information content (AvgIpc) is 3.18. The van der Waals surface area contributed by atoms with Crippen molar-refractivity contribution in [2.75, 3.05) is 5.32 Å². The number of aromatic amines is 1. The van der Waals surface area contributed by atoms with Crippen LogP contribution < -0.4 is 10.1 Å². The third kappa shape index (κ3) is 4.26. The molecule has 0 saturated carbocycles. The van der Waals surface area contributed by atoms with Crippen molar-refractivity contribution in [3.8, 4) is 5.69 Å². The number of H-pyrrole nitrogens is 1. The van der Waals surface area contributed by atoms with Crippen LogP contribution >= 0.6 is 0 Å². The molecule has 7 nitrogen and oxygen atoms in total. The van der Waals surface area contributed by atoms with E-state index in [-0.39, 0.29) is 5.91 Å². The lowest BCUT2D eigenvalue weighted by Crippen LogP contribution is -2.36. The molecule has 0 saturated heterocycles. The fourth-order valence-electron chi connectivity index (χ4n) is 2.48. The molecule has 0 aliphatic heterocycles. The largest absolute Gasteiger partial charge is 0.322 e. The number of carbonyl (C=O) groups excluding carboxylic acids is 1. The third-order valence-electron chi connectivity index (χ3n) is 4.18. The molecule has 1 heterocycles. The number of amides is 1. The van der Waals surface area contributed by atoms with Gasteiger partial charge in [-0.3, -0.25) is 4.79 Å². The van der Waals surface area contributed by atoms with Gasteiger partial charge in [-0.1, -0.05) is 32.4 Å². The first-order valence-corrected chi connectivity index (χ1v) is 8.32. The molecule has 3 aromatic rings. The first kappa shape index (κ1) is 16.8. The lowest BCUT2D eigenvalue weighted by molar-refractivity contribution is -0.719. The summed E-state index contributed by atoms with van der Waals surface area (Å²) < 4.78 is 0. The van der Waals surface area contributed by atoms with Gasteiger partial charge in [0.2, 0.25) is 10.4 Å². The van der Waals surface area contributed by atoms with Gasteiger partial charge in [-0.2, -0.15) is 0 Å². The van der Waals surface area contributed by atoms with Crippen molar-refractivity contribution in [2.45, 2.75) is 26.7 Å². The number of anilines is 1. The number of nitrogens with zero attached hydrogens (tertiary/aromatic N) is 4. The molecule has 0 spiro atoms. The van der Waals surface area contributed by atoms with Crippen molar-refractivity contribution in [2.24, 2.45) is 5.92 Å².